The van der Waals surface area contributed by atoms with Gasteiger partial charge in [0.1, 0.15) is 4.90 Å². The quantitative estimate of drug-likeness (QED) is 0.456. The molecule has 2 N–H and O–H groups in total. The van der Waals surface area contributed by atoms with Crippen molar-refractivity contribution in [3.05, 3.63) is 27.8 Å². The van der Waals surface area contributed by atoms with Crippen molar-refractivity contribution in [2.24, 2.45) is 0 Å². The molecule has 1 aromatic carbocycles. The molecule has 3 saturated carbocycles. The molecule has 1 aromatic rings. The fourth-order valence-electron chi connectivity index (χ4n) is 6.98. The van der Waals surface area contributed by atoms with E-state index in [0.29, 0.717) is 5.56 Å². The molecule has 6 heteroatoms. The summed E-state index contributed by atoms with van der Waals surface area (Å²) in [6, 6.07) is 0. The third-order valence-electron chi connectivity index (χ3n) is 8.35. The van der Waals surface area contributed by atoms with Gasteiger partial charge >= 0.3 is 5.97 Å². The van der Waals surface area contributed by atoms with Crippen LogP contribution in [-0.4, -0.2) is 24.0 Å². The van der Waals surface area contributed by atoms with Gasteiger partial charge in [0.2, 0.25) is 0 Å². The lowest BCUT2D eigenvalue weighted by atomic mass is 9.71. The van der Waals surface area contributed by atoms with E-state index in [1.54, 1.807) is 0 Å². The average Bonchev–Trinajstić information content (AvgIpc) is 2.79. The monoisotopic (exact) mass is 462 g/mol. The predicted molar refractivity (Wildman–Crippen MR) is 125 cm³/mol. The summed E-state index contributed by atoms with van der Waals surface area (Å²) >= 11 is 0. The van der Waals surface area contributed by atoms with E-state index >= 15 is 0 Å². The van der Waals surface area contributed by atoms with E-state index in [1.165, 1.54) is 6.42 Å². The van der Waals surface area contributed by atoms with Gasteiger partial charge in [-0.25, -0.2) is 4.79 Å². The van der Waals surface area contributed by atoms with Crippen LogP contribution in [0.25, 0.3) is 0 Å². The molecule has 0 bridgehead atoms. The molecule has 0 radical (unpaired) electrons. The molecule has 0 unspecified atom stereocenters. The second-order valence-corrected chi connectivity index (χ2v) is 11.7. The number of carboxylic acids is 1. The van der Waals surface area contributed by atoms with Gasteiger partial charge in [-0.15, -0.1) is 0 Å². The van der Waals surface area contributed by atoms with E-state index in [9.17, 15) is 22.9 Å². The summed E-state index contributed by atoms with van der Waals surface area (Å²) in [4.78, 5) is 12.7. The maximum Gasteiger partial charge on any atom is 0.336 e. The molecule has 4 rings (SSSR count). The Morgan fingerprint density at radius 3 is 1.44 bits per heavy atom. The van der Waals surface area contributed by atoms with Crippen LogP contribution in [0.3, 0.4) is 0 Å². The Hall–Kier alpha value is -1.40. The van der Waals surface area contributed by atoms with Crippen molar-refractivity contribution < 1.29 is 22.9 Å². The largest absolute Gasteiger partial charge is 0.478 e. The second kappa shape index (κ2) is 9.84. The zero-order valence-electron chi connectivity index (χ0n) is 19.4. The number of aromatic carboxylic acids is 1. The number of rotatable bonds is 5. The molecule has 0 saturated heterocycles. The summed E-state index contributed by atoms with van der Waals surface area (Å²) in [5.41, 5.74) is 3.09. The average molecular weight is 463 g/mol. The first-order valence-electron chi connectivity index (χ1n) is 12.7. The van der Waals surface area contributed by atoms with Gasteiger partial charge in [-0.1, -0.05) is 57.8 Å². The fourth-order valence-corrected chi connectivity index (χ4v) is 8.12. The van der Waals surface area contributed by atoms with Crippen LogP contribution in [0.4, 0.5) is 0 Å². The number of carboxylic acid groups (broad SMARTS) is 1. The van der Waals surface area contributed by atoms with E-state index in [2.05, 4.69) is 0 Å². The third kappa shape index (κ3) is 4.63. The standard InChI is InChI=1S/C26H38O5S/c1-17-21(18-11-5-2-6-12-18)24(26(27)28)23(20-15-9-4-10-16-20)25(32(29,30)31)22(17)19-13-7-3-8-14-19/h18-20H,2-16H2,1H3,(H,27,28)(H,29,30,31). The molecular formula is C26H38O5S. The van der Waals surface area contributed by atoms with Crippen LogP contribution >= 0.6 is 0 Å². The van der Waals surface area contributed by atoms with Crippen molar-refractivity contribution in [1.82, 2.24) is 0 Å². The lowest BCUT2D eigenvalue weighted by Gasteiger charge is -2.35. The first-order chi connectivity index (χ1) is 15.3. The van der Waals surface area contributed by atoms with E-state index in [4.69, 9.17) is 0 Å². The molecule has 3 fully saturated rings. The Bertz CT molecular complexity index is 947. The van der Waals surface area contributed by atoms with Gasteiger partial charge < -0.3 is 5.11 Å². The minimum Gasteiger partial charge on any atom is -0.478 e. The summed E-state index contributed by atoms with van der Waals surface area (Å²) < 4.78 is 36.4. The maximum atomic E-state index is 12.9. The molecule has 3 aliphatic rings. The van der Waals surface area contributed by atoms with Crippen LogP contribution in [0.1, 0.15) is 147 Å². The van der Waals surface area contributed by atoms with Gasteiger partial charge in [-0.05, 0) is 85.5 Å². The summed E-state index contributed by atoms with van der Waals surface area (Å²) in [5.74, 6) is -0.908. The van der Waals surface area contributed by atoms with Crippen LogP contribution in [-0.2, 0) is 10.1 Å². The van der Waals surface area contributed by atoms with E-state index < -0.39 is 16.1 Å². The molecule has 0 aliphatic heterocycles. The highest BCUT2D eigenvalue weighted by atomic mass is 32.2. The summed E-state index contributed by atoms with van der Waals surface area (Å²) in [6.07, 6.45) is 14.9. The van der Waals surface area contributed by atoms with Crippen LogP contribution in [0, 0.1) is 6.92 Å². The topological polar surface area (TPSA) is 91.7 Å². The van der Waals surface area contributed by atoms with Gasteiger partial charge in [-0.2, -0.15) is 8.42 Å². The minimum absolute atomic E-state index is 0.0363. The van der Waals surface area contributed by atoms with Gasteiger partial charge in [0, 0.05) is 0 Å². The third-order valence-corrected chi connectivity index (χ3v) is 9.30. The number of hydrogen-bond acceptors (Lipinski definition) is 3. The summed E-state index contributed by atoms with van der Waals surface area (Å²) in [5, 5.41) is 10.4. The van der Waals surface area contributed by atoms with Gasteiger partial charge in [0.25, 0.3) is 10.1 Å². The van der Waals surface area contributed by atoms with E-state index in [1.807, 2.05) is 6.92 Å². The van der Waals surface area contributed by atoms with Crippen LogP contribution in [0.15, 0.2) is 4.90 Å². The molecule has 5 nitrogen and oxygen atoms in total. The van der Waals surface area contributed by atoms with Gasteiger partial charge in [-0.3, -0.25) is 4.55 Å². The number of benzene rings is 1. The van der Waals surface area contributed by atoms with Crippen molar-refractivity contribution in [2.45, 2.75) is 126 Å². The highest BCUT2D eigenvalue weighted by molar-refractivity contribution is 7.86. The molecule has 0 aromatic heterocycles. The zero-order valence-corrected chi connectivity index (χ0v) is 20.2. The Morgan fingerprint density at radius 2 is 1.06 bits per heavy atom. The van der Waals surface area contributed by atoms with Gasteiger partial charge in [0.15, 0.2) is 0 Å². The molecule has 0 amide bonds. The first-order valence-corrected chi connectivity index (χ1v) is 14.2. The molecular weight excluding hydrogens is 424 g/mol. The Labute approximate surface area is 192 Å². The van der Waals surface area contributed by atoms with Crippen molar-refractivity contribution in [3.63, 3.8) is 0 Å². The van der Waals surface area contributed by atoms with Gasteiger partial charge in [0.05, 0.1) is 5.56 Å². The Balaban J connectivity index is 2.07. The lowest BCUT2D eigenvalue weighted by Crippen LogP contribution is -2.25. The molecule has 0 atom stereocenters. The molecule has 32 heavy (non-hydrogen) atoms. The molecule has 3 aliphatic carbocycles. The highest BCUT2D eigenvalue weighted by Gasteiger charge is 2.39. The Morgan fingerprint density at radius 1 is 0.688 bits per heavy atom. The van der Waals surface area contributed by atoms with Crippen molar-refractivity contribution in [3.8, 4) is 0 Å². The summed E-state index contributed by atoms with van der Waals surface area (Å²) in [7, 11) is -4.55. The molecule has 178 valence electrons. The summed E-state index contributed by atoms with van der Waals surface area (Å²) in [6.45, 7) is 1.93. The smallest absolute Gasteiger partial charge is 0.336 e. The number of hydrogen-bond donors (Lipinski definition) is 2. The lowest BCUT2D eigenvalue weighted by molar-refractivity contribution is 0.0691. The van der Waals surface area contributed by atoms with Crippen LogP contribution < -0.4 is 0 Å². The fraction of sp³-hybridized carbons (Fsp3) is 0.731. The second-order valence-electron chi connectivity index (χ2n) is 10.4. The van der Waals surface area contributed by atoms with Crippen LogP contribution in [0.5, 0.6) is 0 Å². The highest BCUT2D eigenvalue weighted by Crippen LogP contribution is 2.49. The van der Waals surface area contributed by atoms with E-state index in [-0.39, 0.29) is 28.2 Å². The van der Waals surface area contributed by atoms with Crippen molar-refractivity contribution in [2.75, 3.05) is 0 Å². The van der Waals surface area contributed by atoms with Crippen molar-refractivity contribution in [1.29, 1.82) is 0 Å². The maximum absolute atomic E-state index is 12.9. The van der Waals surface area contributed by atoms with E-state index in [0.717, 1.165) is 107 Å². The normalized spacial score (nSPS) is 22.2. The molecule has 0 heterocycles. The van der Waals surface area contributed by atoms with Crippen molar-refractivity contribution >= 4 is 16.1 Å². The minimum atomic E-state index is -4.55. The van der Waals surface area contributed by atoms with Crippen LogP contribution in [0.2, 0.25) is 0 Å². The first kappa shape index (κ1) is 23.7. The zero-order chi connectivity index (χ0) is 22.9. The Kier molecular flexibility index (Phi) is 7.30. The number of carbonyl (C=O) groups is 1. The SMILES string of the molecule is Cc1c(C2CCCCC2)c(C(=O)O)c(C2CCCCC2)c(S(=O)(=O)O)c1C1CCCCC1. The predicted octanol–water partition coefficient (Wildman–Crippen LogP) is 7.08. The molecule has 0 spiro atoms.